The van der Waals surface area contributed by atoms with Crippen LogP contribution in [0.15, 0.2) is 40.7 Å². The first kappa shape index (κ1) is 21.4. The number of nitrogens with one attached hydrogen (secondary N) is 1. The molecule has 0 unspecified atom stereocenters. The predicted octanol–water partition coefficient (Wildman–Crippen LogP) is 4.87. The van der Waals surface area contributed by atoms with Crippen LogP contribution in [0.3, 0.4) is 0 Å². The number of hydrogen-bond acceptors (Lipinski definition) is 7. The van der Waals surface area contributed by atoms with Crippen LogP contribution in [0.4, 0.5) is 11.5 Å². The maximum absolute atomic E-state index is 12.4. The largest absolute Gasteiger partial charge is 0.383 e. The zero-order chi connectivity index (χ0) is 21.7. The fourth-order valence-corrected chi connectivity index (χ4v) is 4.61. The van der Waals surface area contributed by atoms with Gasteiger partial charge < -0.3 is 11.1 Å². The zero-order valence-electron chi connectivity index (χ0n) is 16.5. The minimum Gasteiger partial charge on any atom is -0.383 e. The number of thiophene rings is 1. The molecule has 3 aromatic rings. The van der Waals surface area contributed by atoms with Crippen LogP contribution in [0.25, 0.3) is 10.4 Å². The SMILES string of the molecule is Cc1ccc(C)c(NC(=O)CCSc2nc(N)c(C#N)c(-c3cccs3)c2C#N)c1. The topological polar surface area (TPSA) is 116 Å². The number of hydrogen-bond donors (Lipinski definition) is 2. The third-order valence-electron chi connectivity index (χ3n) is 4.42. The highest BCUT2D eigenvalue weighted by Crippen LogP contribution is 2.37. The quantitative estimate of drug-likeness (QED) is 0.536. The maximum atomic E-state index is 12.4. The molecule has 0 radical (unpaired) electrons. The number of nitrogens with zero attached hydrogens (tertiary/aromatic N) is 3. The fourth-order valence-electron chi connectivity index (χ4n) is 2.89. The number of nitriles is 2. The smallest absolute Gasteiger partial charge is 0.225 e. The number of benzene rings is 1. The molecule has 0 fully saturated rings. The number of nitrogens with two attached hydrogens (primary N) is 1. The highest BCUT2D eigenvalue weighted by molar-refractivity contribution is 7.99. The number of aryl methyl sites for hydroxylation is 2. The van der Waals surface area contributed by atoms with Gasteiger partial charge in [0.05, 0.1) is 5.56 Å². The summed E-state index contributed by atoms with van der Waals surface area (Å²) in [6.45, 7) is 3.92. The van der Waals surface area contributed by atoms with Crippen molar-refractivity contribution in [3.63, 3.8) is 0 Å². The van der Waals surface area contributed by atoms with Crippen molar-refractivity contribution < 1.29 is 4.79 Å². The Kier molecular flexibility index (Phi) is 6.73. The summed E-state index contributed by atoms with van der Waals surface area (Å²) in [7, 11) is 0. The lowest BCUT2D eigenvalue weighted by Crippen LogP contribution is -2.13. The molecule has 2 heterocycles. The molecule has 0 aliphatic rings. The lowest BCUT2D eigenvalue weighted by atomic mass is 10.0. The molecule has 0 saturated heterocycles. The normalized spacial score (nSPS) is 10.3. The Labute approximate surface area is 183 Å². The molecule has 0 atom stereocenters. The summed E-state index contributed by atoms with van der Waals surface area (Å²) >= 11 is 2.71. The maximum Gasteiger partial charge on any atom is 0.225 e. The monoisotopic (exact) mass is 433 g/mol. The molecule has 1 amide bonds. The van der Waals surface area contributed by atoms with E-state index in [0.717, 1.165) is 21.7 Å². The summed E-state index contributed by atoms with van der Waals surface area (Å²) in [4.78, 5) is 17.4. The van der Waals surface area contributed by atoms with Crippen molar-refractivity contribution in [1.29, 1.82) is 10.5 Å². The van der Waals surface area contributed by atoms with Crippen LogP contribution in [0.5, 0.6) is 0 Å². The van der Waals surface area contributed by atoms with Crippen molar-refractivity contribution in [2.75, 3.05) is 16.8 Å². The van der Waals surface area contributed by atoms with Crippen LogP contribution in [-0.4, -0.2) is 16.6 Å². The molecule has 3 rings (SSSR count). The van der Waals surface area contributed by atoms with Crippen LogP contribution >= 0.6 is 23.1 Å². The predicted molar refractivity (Wildman–Crippen MR) is 121 cm³/mol. The molecule has 3 N–H and O–H groups in total. The van der Waals surface area contributed by atoms with E-state index in [0.29, 0.717) is 21.9 Å². The molecule has 1 aromatic carbocycles. The molecule has 2 aromatic heterocycles. The molecule has 8 heteroatoms. The molecule has 0 saturated carbocycles. The summed E-state index contributed by atoms with van der Waals surface area (Å²) in [5.41, 5.74) is 9.87. The first-order valence-electron chi connectivity index (χ1n) is 9.12. The van der Waals surface area contributed by atoms with E-state index >= 15 is 0 Å². The molecule has 0 spiro atoms. The Morgan fingerprint density at radius 1 is 1.23 bits per heavy atom. The molecule has 0 aliphatic carbocycles. The van der Waals surface area contributed by atoms with E-state index in [1.54, 1.807) is 0 Å². The van der Waals surface area contributed by atoms with Gasteiger partial charge in [0, 0.05) is 28.3 Å². The van der Waals surface area contributed by atoms with Gasteiger partial charge in [0.15, 0.2) is 0 Å². The van der Waals surface area contributed by atoms with Gasteiger partial charge in [-0.2, -0.15) is 10.5 Å². The zero-order valence-corrected chi connectivity index (χ0v) is 18.2. The number of amides is 1. The van der Waals surface area contributed by atoms with E-state index in [9.17, 15) is 15.3 Å². The van der Waals surface area contributed by atoms with Crippen molar-refractivity contribution in [2.45, 2.75) is 25.3 Å². The lowest BCUT2D eigenvalue weighted by Gasteiger charge is -2.12. The van der Waals surface area contributed by atoms with E-state index in [-0.39, 0.29) is 23.7 Å². The van der Waals surface area contributed by atoms with E-state index in [1.807, 2.05) is 49.6 Å². The number of rotatable bonds is 6. The number of thioether (sulfide) groups is 1. The Balaban J connectivity index is 1.77. The van der Waals surface area contributed by atoms with E-state index < -0.39 is 0 Å². The van der Waals surface area contributed by atoms with Crippen molar-refractivity contribution in [3.05, 3.63) is 58.0 Å². The van der Waals surface area contributed by atoms with Gasteiger partial charge >= 0.3 is 0 Å². The number of aromatic nitrogens is 1. The van der Waals surface area contributed by atoms with Crippen molar-refractivity contribution >= 4 is 40.5 Å². The summed E-state index contributed by atoms with van der Waals surface area (Å²) < 4.78 is 0. The molecule has 0 bridgehead atoms. The van der Waals surface area contributed by atoms with Gasteiger partial charge in [-0.1, -0.05) is 18.2 Å². The Bertz CT molecular complexity index is 1170. The van der Waals surface area contributed by atoms with Crippen LogP contribution in [0.1, 0.15) is 28.7 Å². The second kappa shape index (κ2) is 9.45. The highest BCUT2D eigenvalue weighted by atomic mass is 32.2. The molecule has 30 heavy (non-hydrogen) atoms. The molecule has 0 aliphatic heterocycles. The van der Waals surface area contributed by atoms with Gasteiger partial charge in [-0.15, -0.1) is 23.1 Å². The standard InChI is InChI=1S/C22H19N5OS2/c1-13-5-6-14(2)17(10-13)26-19(28)7-9-30-22-16(12-24)20(18-4-3-8-29-18)15(11-23)21(25)27-22/h3-6,8,10H,7,9H2,1-2H3,(H2,25,27)(H,26,28). The van der Waals surface area contributed by atoms with Gasteiger partial charge in [0.2, 0.25) is 5.91 Å². The van der Waals surface area contributed by atoms with Gasteiger partial charge in [-0.3, -0.25) is 4.79 Å². The third-order valence-corrected chi connectivity index (χ3v) is 6.28. The second-order valence-corrected chi connectivity index (χ2v) is 8.62. The number of nitrogen functional groups attached to an aromatic ring is 1. The van der Waals surface area contributed by atoms with Crippen molar-refractivity contribution in [2.24, 2.45) is 0 Å². The number of anilines is 2. The fraction of sp³-hybridized carbons (Fsp3) is 0.182. The first-order chi connectivity index (χ1) is 14.4. The lowest BCUT2D eigenvalue weighted by molar-refractivity contribution is -0.115. The summed E-state index contributed by atoms with van der Waals surface area (Å²) in [5.74, 6) is 0.394. The van der Waals surface area contributed by atoms with Gasteiger partial charge in [0.1, 0.15) is 28.5 Å². The average molecular weight is 434 g/mol. The van der Waals surface area contributed by atoms with E-state index in [2.05, 4.69) is 22.4 Å². The van der Waals surface area contributed by atoms with Crippen LogP contribution in [0, 0.1) is 36.5 Å². The van der Waals surface area contributed by atoms with Crippen LogP contribution in [0.2, 0.25) is 0 Å². The minimum atomic E-state index is -0.116. The minimum absolute atomic E-state index is 0.0854. The summed E-state index contributed by atoms with van der Waals surface area (Å²) in [6, 6.07) is 13.8. The van der Waals surface area contributed by atoms with Crippen molar-refractivity contribution in [1.82, 2.24) is 4.98 Å². The Hall–Kier alpha value is -3.33. The Morgan fingerprint density at radius 2 is 2.00 bits per heavy atom. The molecular weight excluding hydrogens is 414 g/mol. The van der Waals surface area contributed by atoms with Gasteiger partial charge in [0.25, 0.3) is 0 Å². The van der Waals surface area contributed by atoms with Gasteiger partial charge in [-0.25, -0.2) is 4.98 Å². The molecule has 6 nitrogen and oxygen atoms in total. The summed E-state index contributed by atoms with van der Waals surface area (Å²) in [6.07, 6.45) is 0.249. The average Bonchev–Trinajstić information content (AvgIpc) is 3.24. The van der Waals surface area contributed by atoms with Crippen molar-refractivity contribution in [3.8, 4) is 22.6 Å². The van der Waals surface area contributed by atoms with E-state index in [4.69, 9.17) is 5.73 Å². The number of pyridine rings is 1. The van der Waals surface area contributed by atoms with Crippen LogP contribution in [-0.2, 0) is 4.79 Å². The summed E-state index contributed by atoms with van der Waals surface area (Å²) in [5, 5.41) is 24.5. The Morgan fingerprint density at radius 3 is 2.67 bits per heavy atom. The third kappa shape index (κ3) is 4.62. The first-order valence-corrected chi connectivity index (χ1v) is 11.0. The number of carbonyl (C=O) groups excluding carboxylic acids is 1. The second-order valence-electron chi connectivity index (χ2n) is 6.59. The number of carbonyl (C=O) groups is 1. The molecule has 150 valence electrons. The highest BCUT2D eigenvalue weighted by Gasteiger charge is 2.21. The van der Waals surface area contributed by atoms with Gasteiger partial charge in [-0.05, 0) is 42.5 Å². The van der Waals surface area contributed by atoms with Crippen LogP contribution < -0.4 is 11.1 Å². The van der Waals surface area contributed by atoms with E-state index in [1.165, 1.54) is 23.1 Å². The molecular formula is C22H19N5OS2.